The number of fused-ring (bicyclic) bond motifs is 1. The number of hydrogen-bond acceptors (Lipinski definition) is 4. The number of halogens is 1. The molecule has 1 unspecified atom stereocenters. The number of aromatic nitrogens is 2. The smallest absolute Gasteiger partial charge is 0.263 e. The third-order valence-corrected chi connectivity index (χ3v) is 7.00. The van der Waals surface area contributed by atoms with Crippen molar-refractivity contribution in [3.05, 3.63) is 80.2 Å². The summed E-state index contributed by atoms with van der Waals surface area (Å²) in [5.74, 6) is -0.253. The number of hydrogen-bond donors (Lipinski definition) is 1. The van der Waals surface area contributed by atoms with Gasteiger partial charge in [-0.3, -0.25) is 14.2 Å². The molecule has 0 bridgehead atoms. The van der Waals surface area contributed by atoms with E-state index in [4.69, 9.17) is 11.6 Å². The van der Waals surface area contributed by atoms with Gasteiger partial charge in [0.05, 0.1) is 11.7 Å². The van der Waals surface area contributed by atoms with Gasteiger partial charge in [-0.1, -0.05) is 48.9 Å². The van der Waals surface area contributed by atoms with Crippen LogP contribution in [0.2, 0.25) is 5.02 Å². The third-order valence-electron chi connectivity index (χ3n) is 5.73. The molecular weight excluding hydrogens is 442 g/mol. The molecule has 32 heavy (non-hydrogen) atoms. The fourth-order valence-corrected chi connectivity index (χ4v) is 5.04. The summed E-state index contributed by atoms with van der Waals surface area (Å²) < 4.78 is 1.41. The number of benzene rings is 2. The van der Waals surface area contributed by atoms with Gasteiger partial charge in [-0.2, -0.15) is 0 Å². The van der Waals surface area contributed by atoms with E-state index in [1.165, 1.54) is 22.2 Å². The number of rotatable bonds is 5. The van der Waals surface area contributed by atoms with Gasteiger partial charge in [-0.05, 0) is 56.0 Å². The van der Waals surface area contributed by atoms with E-state index < -0.39 is 6.04 Å². The first-order chi connectivity index (χ1) is 15.3. The Hall–Kier alpha value is -2.96. The van der Waals surface area contributed by atoms with E-state index in [1.807, 2.05) is 51.1 Å². The molecule has 0 fully saturated rings. The Kier molecular flexibility index (Phi) is 6.17. The van der Waals surface area contributed by atoms with Crippen molar-refractivity contribution in [2.45, 2.75) is 40.2 Å². The van der Waals surface area contributed by atoms with Crippen LogP contribution in [0, 0.1) is 13.8 Å². The number of amides is 1. The van der Waals surface area contributed by atoms with Crippen LogP contribution < -0.4 is 10.9 Å². The molecule has 0 aliphatic carbocycles. The Bertz CT molecular complexity index is 1370. The first-order valence-electron chi connectivity index (χ1n) is 10.5. The van der Waals surface area contributed by atoms with Crippen molar-refractivity contribution in [2.24, 2.45) is 0 Å². The highest BCUT2D eigenvalue weighted by atomic mass is 35.5. The summed E-state index contributed by atoms with van der Waals surface area (Å²) in [6.07, 6.45) is 2.27. The van der Waals surface area contributed by atoms with Gasteiger partial charge in [-0.25, -0.2) is 4.98 Å². The molecular formula is C25H24ClN3O2S. The molecule has 1 amide bonds. The second-order valence-corrected chi connectivity index (χ2v) is 9.44. The maximum Gasteiger partial charge on any atom is 0.263 e. The molecule has 5 nitrogen and oxygen atoms in total. The zero-order valence-corrected chi connectivity index (χ0v) is 20.0. The van der Waals surface area contributed by atoms with E-state index in [0.717, 1.165) is 39.2 Å². The van der Waals surface area contributed by atoms with Crippen LogP contribution in [0.1, 0.15) is 35.9 Å². The van der Waals surface area contributed by atoms with Gasteiger partial charge in [0.2, 0.25) is 5.91 Å². The van der Waals surface area contributed by atoms with Crippen LogP contribution >= 0.6 is 22.9 Å². The molecule has 2 aromatic heterocycles. The summed E-state index contributed by atoms with van der Waals surface area (Å²) in [7, 11) is 0. The van der Waals surface area contributed by atoms with Crippen molar-refractivity contribution < 1.29 is 4.79 Å². The Morgan fingerprint density at radius 2 is 1.91 bits per heavy atom. The molecule has 7 heteroatoms. The van der Waals surface area contributed by atoms with Crippen molar-refractivity contribution in [1.29, 1.82) is 0 Å². The first-order valence-corrected chi connectivity index (χ1v) is 11.7. The van der Waals surface area contributed by atoms with Crippen LogP contribution in [0.4, 0.5) is 5.69 Å². The molecule has 0 saturated carbocycles. The number of aryl methyl sites for hydroxylation is 3. The van der Waals surface area contributed by atoms with Crippen LogP contribution in [-0.4, -0.2) is 15.5 Å². The summed E-state index contributed by atoms with van der Waals surface area (Å²) >= 11 is 7.52. The van der Waals surface area contributed by atoms with Crippen LogP contribution in [0.15, 0.2) is 53.6 Å². The van der Waals surface area contributed by atoms with Crippen molar-refractivity contribution in [2.75, 3.05) is 5.32 Å². The second-order valence-electron chi connectivity index (χ2n) is 7.81. The lowest BCUT2D eigenvalue weighted by Gasteiger charge is -2.18. The van der Waals surface area contributed by atoms with Gasteiger partial charge in [0.15, 0.2) is 0 Å². The lowest BCUT2D eigenvalue weighted by atomic mass is 10.0. The van der Waals surface area contributed by atoms with Crippen molar-refractivity contribution in [1.82, 2.24) is 9.55 Å². The highest BCUT2D eigenvalue weighted by molar-refractivity contribution is 7.19. The normalized spacial score (nSPS) is 12.2. The zero-order chi connectivity index (χ0) is 23.0. The van der Waals surface area contributed by atoms with E-state index >= 15 is 0 Å². The number of nitrogens with one attached hydrogen (secondary N) is 1. The Balaban J connectivity index is 1.76. The molecule has 164 valence electrons. The monoisotopic (exact) mass is 465 g/mol. The number of carbonyl (C=O) groups is 1. The molecule has 4 rings (SSSR count). The summed E-state index contributed by atoms with van der Waals surface area (Å²) in [5, 5.41) is 4.19. The average Bonchev–Trinajstić information content (AvgIpc) is 3.12. The molecule has 2 heterocycles. The lowest BCUT2D eigenvalue weighted by molar-refractivity contribution is -0.118. The molecule has 1 atom stereocenters. The van der Waals surface area contributed by atoms with Crippen LogP contribution in [-0.2, 0) is 11.2 Å². The van der Waals surface area contributed by atoms with E-state index in [-0.39, 0.29) is 11.5 Å². The molecule has 0 aliphatic heterocycles. The summed E-state index contributed by atoms with van der Waals surface area (Å²) in [6, 6.07) is 12.6. The minimum absolute atomic E-state index is 0.229. The summed E-state index contributed by atoms with van der Waals surface area (Å²) in [6.45, 7) is 7.70. The van der Waals surface area contributed by atoms with E-state index in [9.17, 15) is 9.59 Å². The van der Waals surface area contributed by atoms with E-state index in [0.29, 0.717) is 15.2 Å². The fourth-order valence-electron chi connectivity index (χ4n) is 3.91. The molecule has 0 spiro atoms. The lowest BCUT2D eigenvalue weighted by Crippen LogP contribution is -2.32. The summed E-state index contributed by atoms with van der Waals surface area (Å²) in [4.78, 5) is 32.8. The fraction of sp³-hybridized carbons (Fsp3) is 0.240. The number of nitrogens with zero attached hydrogens (tertiary/aromatic N) is 2. The Morgan fingerprint density at radius 1 is 1.19 bits per heavy atom. The second kappa shape index (κ2) is 8.88. The number of thiophene rings is 1. The first kappa shape index (κ1) is 22.2. The average molecular weight is 466 g/mol. The van der Waals surface area contributed by atoms with Crippen LogP contribution in [0.5, 0.6) is 0 Å². The van der Waals surface area contributed by atoms with Gasteiger partial charge < -0.3 is 5.32 Å². The van der Waals surface area contributed by atoms with Crippen molar-refractivity contribution in [3.8, 4) is 11.1 Å². The highest BCUT2D eigenvalue weighted by Crippen LogP contribution is 2.36. The maximum absolute atomic E-state index is 13.5. The minimum atomic E-state index is -0.720. The Morgan fingerprint density at radius 3 is 2.59 bits per heavy atom. The maximum atomic E-state index is 13.5. The van der Waals surface area contributed by atoms with Crippen molar-refractivity contribution in [3.63, 3.8) is 0 Å². The van der Waals surface area contributed by atoms with Gasteiger partial charge in [0.1, 0.15) is 10.9 Å². The topological polar surface area (TPSA) is 64.0 Å². The number of para-hydroxylation sites is 1. The zero-order valence-electron chi connectivity index (χ0n) is 18.4. The predicted octanol–water partition coefficient (Wildman–Crippen LogP) is 6.16. The number of anilines is 1. The van der Waals surface area contributed by atoms with Gasteiger partial charge in [0, 0.05) is 21.2 Å². The largest absolute Gasteiger partial charge is 0.324 e. The highest BCUT2D eigenvalue weighted by Gasteiger charge is 2.22. The molecule has 0 radical (unpaired) electrons. The molecule has 1 N–H and O–H groups in total. The predicted molar refractivity (Wildman–Crippen MR) is 133 cm³/mol. The molecule has 2 aromatic carbocycles. The molecule has 0 aliphatic rings. The van der Waals surface area contributed by atoms with Gasteiger partial charge in [-0.15, -0.1) is 11.3 Å². The van der Waals surface area contributed by atoms with Crippen LogP contribution in [0.25, 0.3) is 21.3 Å². The van der Waals surface area contributed by atoms with Gasteiger partial charge in [0.25, 0.3) is 5.56 Å². The van der Waals surface area contributed by atoms with Crippen molar-refractivity contribution >= 4 is 44.7 Å². The standard InChI is InChI=1S/C25H24ClN3O2S/c1-5-17-8-6-7-14(2)22(17)28-23(30)15(3)29-13-27-24-21(25(29)31)20(16(4)32-24)18-9-11-19(26)12-10-18/h6-13,15H,5H2,1-4H3,(H,28,30). The van der Waals surface area contributed by atoms with E-state index in [1.54, 1.807) is 19.1 Å². The van der Waals surface area contributed by atoms with Crippen LogP contribution in [0.3, 0.4) is 0 Å². The van der Waals surface area contributed by atoms with E-state index in [2.05, 4.69) is 10.3 Å². The third kappa shape index (κ3) is 3.96. The number of carbonyl (C=O) groups excluding carboxylic acids is 1. The molecule has 0 saturated heterocycles. The SMILES string of the molecule is CCc1cccc(C)c1NC(=O)C(C)n1cnc2sc(C)c(-c3ccc(Cl)cc3)c2c1=O. The molecule has 4 aromatic rings. The Labute approximate surface area is 195 Å². The quantitative estimate of drug-likeness (QED) is 0.384. The van der Waals surface area contributed by atoms with Gasteiger partial charge >= 0.3 is 0 Å². The minimum Gasteiger partial charge on any atom is -0.324 e. The summed E-state index contributed by atoms with van der Waals surface area (Å²) in [5.41, 5.74) is 4.37.